The lowest BCUT2D eigenvalue weighted by Gasteiger charge is -2.11. The summed E-state index contributed by atoms with van der Waals surface area (Å²) in [6.45, 7) is 6.51. The molecule has 0 aliphatic heterocycles. The van der Waals surface area contributed by atoms with Crippen LogP contribution in [0.25, 0.3) is 0 Å². The highest BCUT2D eigenvalue weighted by Crippen LogP contribution is 2.22. The Hall–Kier alpha value is -0.790. The fourth-order valence-electron chi connectivity index (χ4n) is 1.72. The van der Waals surface area contributed by atoms with Crippen LogP contribution in [0.3, 0.4) is 0 Å². The van der Waals surface area contributed by atoms with E-state index in [4.69, 9.17) is 0 Å². The quantitative estimate of drug-likeness (QED) is 0.675. The van der Waals surface area contributed by atoms with E-state index in [-0.39, 0.29) is 0 Å². The minimum absolute atomic E-state index is 0.677. The molecule has 0 unspecified atom stereocenters. The Kier molecular flexibility index (Phi) is 2.90. The molecule has 1 rings (SSSR count). The largest absolute Gasteiger partial charge is 0.272 e. The van der Waals surface area contributed by atoms with Gasteiger partial charge in [0.15, 0.2) is 0 Å². The second kappa shape index (κ2) is 3.74. The molecule has 0 bridgehead atoms. The van der Waals surface area contributed by atoms with Gasteiger partial charge in [0.05, 0.1) is 5.69 Å². The van der Waals surface area contributed by atoms with Crippen molar-refractivity contribution in [2.45, 2.75) is 39.5 Å². The van der Waals surface area contributed by atoms with Crippen molar-refractivity contribution in [2.24, 2.45) is 7.05 Å². The van der Waals surface area contributed by atoms with Gasteiger partial charge in [-0.25, -0.2) is 0 Å². The highest BCUT2D eigenvalue weighted by molar-refractivity contribution is 5.13. The molecule has 0 saturated heterocycles. The molecule has 0 amide bonds. The van der Waals surface area contributed by atoms with E-state index in [2.05, 4.69) is 25.0 Å². The van der Waals surface area contributed by atoms with Gasteiger partial charge in [0.1, 0.15) is 0 Å². The van der Waals surface area contributed by atoms with Crippen LogP contribution in [-0.4, -0.2) is 9.78 Å². The van der Waals surface area contributed by atoms with Gasteiger partial charge >= 0.3 is 0 Å². The minimum atomic E-state index is 0.677. The zero-order valence-corrected chi connectivity index (χ0v) is 8.46. The lowest BCUT2D eigenvalue weighted by Crippen LogP contribution is -2.03. The van der Waals surface area contributed by atoms with Gasteiger partial charge in [-0.2, -0.15) is 5.10 Å². The average Bonchev–Trinajstić information content (AvgIpc) is 2.34. The Morgan fingerprint density at radius 3 is 2.33 bits per heavy atom. The molecule has 0 spiro atoms. The van der Waals surface area contributed by atoms with Crippen LogP contribution in [0.1, 0.15) is 44.0 Å². The number of aryl methyl sites for hydroxylation is 2. The SMILES string of the molecule is CCC(CC)c1cc(C)nn1C. The molecule has 12 heavy (non-hydrogen) atoms. The third-order valence-electron chi connectivity index (χ3n) is 2.44. The summed E-state index contributed by atoms with van der Waals surface area (Å²) < 4.78 is 2.01. The molecule has 0 N–H and O–H groups in total. The molecule has 0 radical (unpaired) electrons. The minimum Gasteiger partial charge on any atom is -0.272 e. The lowest BCUT2D eigenvalue weighted by atomic mass is 9.99. The topological polar surface area (TPSA) is 17.8 Å². The van der Waals surface area contributed by atoms with Crippen LogP contribution in [-0.2, 0) is 7.05 Å². The third-order valence-corrected chi connectivity index (χ3v) is 2.44. The van der Waals surface area contributed by atoms with E-state index >= 15 is 0 Å². The smallest absolute Gasteiger partial charge is 0.0596 e. The summed E-state index contributed by atoms with van der Waals surface area (Å²) in [6, 6.07) is 2.19. The number of aromatic nitrogens is 2. The van der Waals surface area contributed by atoms with E-state index < -0.39 is 0 Å². The lowest BCUT2D eigenvalue weighted by molar-refractivity contribution is 0.572. The van der Waals surface area contributed by atoms with Crippen molar-refractivity contribution in [3.05, 3.63) is 17.5 Å². The normalized spacial score (nSPS) is 11.1. The molecule has 0 saturated carbocycles. The maximum Gasteiger partial charge on any atom is 0.0596 e. The number of hydrogen-bond acceptors (Lipinski definition) is 1. The van der Waals surface area contributed by atoms with Gasteiger partial charge in [0.25, 0.3) is 0 Å². The summed E-state index contributed by atoms with van der Waals surface area (Å²) in [4.78, 5) is 0. The molecule has 1 aromatic heterocycles. The van der Waals surface area contributed by atoms with Gasteiger partial charge in [-0.05, 0) is 25.8 Å². The van der Waals surface area contributed by atoms with Crippen molar-refractivity contribution in [1.29, 1.82) is 0 Å². The Morgan fingerprint density at radius 2 is 2.00 bits per heavy atom. The van der Waals surface area contributed by atoms with E-state index in [0.29, 0.717) is 5.92 Å². The average molecular weight is 166 g/mol. The van der Waals surface area contributed by atoms with Gasteiger partial charge in [-0.1, -0.05) is 13.8 Å². The molecule has 0 atom stereocenters. The van der Waals surface area contributed by atoms with Crippen molar-refractivity contribution >= 4 is 0 Å². The molecule has 2 heteroatoms. The molecular formula is C10H18N2. The molecule has 0 fully saturated rings. The molecule has 1 heterocycles. The fourth-order valence-corrected chi connectivity index (χ4v) is 1.72. The van der Waals surface area contributed by atoms with Gasteiger partial charge in [0, 0.05) is 18.7 Å². The maximum atomic E-state index is 4.34. The van der Waals surface area contributed by atoms with Crippen LogP contribution in [0.4, 0.5) is 0 Å². The number of rotatable bonds is 3. The van der Waals surface area contributed by atoms with Crippen LogP contribution in [0.2, 0.25) is 0 Å². The standard InChI is InChI=1S/C10H18N2/c1-5-9(6-2)10-7-8(3)11-12(10)4/h7,9H,5-6H2,1-4H3. The Morgan fingerprint density at radius 1 is 1.42 bits per heavy atom. The van der Waals surface area contributed by atoms with Crippen LogP contribution < -0.4 is 0 Å². The van der Waals surface area contributed by atoms with Gasteiger partial charge in [-0.3, -0.25) is 4.68 Å². The first-order valence-corrected chi connectivity index (χ1v) is 4.69. The first-order chi connectivity index (χ1) is 5.69. The monoisotopic (exact) mass is 166 g/mol. The number of hydrogen-bond donors (Lipinski definition) is 0. The van der Waals surface area contributed by atoms with Crippen molar-refractivity contribution in [3.8, 4) is 0 Å². The molecular weight excluding hydrogens is 148 g/mol. The first-order valence-electron chi connectivity index (χ1n) is 4.69. The van der Waals surface area contributed by atoms with E-state index in [1.54, 1.807) is 0 Å². The third kappa shape index (κ3) is 1.68. The van der Waals surface area contributed by atoms with E-state index in [0.717, 1.165) is 5.69 Å². The second-order valence-corrected chi connectivity index (χ2v) is 3.35. The molecule has 0 aliphatic carbocycles. The van der Waals surface area contributed by atoms with Gasteiger partial charge < -0.3 is 0 Å². The Labute approximate surface area is 74.6 Å². The summed E-state index contributed by atoms with van der Waals surface area (Å²) in [5, 5.41) is 4.34. The molecule has 1 aromatic rings. The van der Waals surface area contributed by atoms with E-state index in [1.165, 1.54) is 18.5 Å². The predicted molar refractivity (Wildman–Crippen MR) is 51.3 cm³/mol. The van der Waals surface area contributed by atoms with Crippen LogP contribution in [0, 0.1) is 6.92 Å². The first kappa shape index (κ1) is 9.30. The van der Waals surface area contributed by atoms with Crippen LogP contribution in [0.15, 0.2) is 6.07 Å². The molecule has 68 valence electrons. The Bertz CT molecular complexity index is 246. The summed E-state index contributed by atoms with van der Waals surface area (Å²) >= 11 is 0. The van der Waals surface area contributed by atoms with Gasteiger partial charge in [-0.15, -0.1) is 0 Å². The van der Waals surface area contributed by atoms with E-state index in [1.807, 2.05) is 18.7 Å². The van der Waals surface area contributed by atoms with Gasteiger partial charge in [0.2, 0.25) is 0 Å². The Balaban J connectivity index is 2.91. The molecule has 0 aromatic carbocycles. The van der Waals surface area contributed by atoms with Crippen LogP contribution >= 0.6 is 0 Å². The summed E-state index contributed by atoms with van der Waals surface area (Å²) in [5.41, 5.74) is 2.50. The second-order valence-electron chi connectivity index (χ2n) is 3.35. The summed E-state index contributed by atoms with van der Waals surface area (Å²) in [5.74, 6) is 0.677. The molecule has 2 nitrogen and oxygen atoms in total. The van der Waals surface area contributed by atoms with E-state index in [9.17, 15) is 0 Å². The maximum absolute atomic E-state index is 4.34. The highest BCUT2D eigenvalue weighted by Gasteiger charge is 2.11. The fraction of sp³-hybridized carbons (Fsp3) is 0.700. The van der Waals surface area contributed by atoms with Crippen molar-refractivity contribution in [1.82, 2.24) is 9.78 Å². The summed E-state index contributed by atoms with van der Waals surface area (Å²) in [6.07, 6.45) is 2.41. The zero-order chi connectivity index (χ0) is 9.14. The number of nitrogens with zero attached hydrogens (tertiary/aromatic N) is 2. The van der Waals surface area contributed by atoms with Crippen LogP contribution in [0.5, 0.6) is 0 Å². The van der Waals surface area contributed by atoms with Crippen molar-refractivity contribution in [2.75, 3.05) is 0 Å². The zero-order valence-electron chi connectivity index (χ0n) is 8.46. The van der Waals surface area contributed by atoms with Crippen molar-refractivity contribution < 1.29 is 0 Å². The van der Waals surface area contributed by atoms with Crippen molar-refractivity contribution in [3.63, 3.8) is 0 Å². The highest BCUT2D eigenvalue weighted by atomic mass is 15.3. The summed E-state index contributed by atoms with van der Waals surface area (Å²) in [7, 11) is 2.03. The molecule has 0 aliphatic rings. The predicted octanol–water partition coefficient (Wildman–Crippen LogP) is 2.63.